The van der Waals surface area contributed by atoms with Crippen LogP contribution in [0, 0.1) is 16.0 Å². The number of benzene rings is 1. The van der Waals surface area contributed by atoms with E-state index in [1.54, 1.807) is 4.90 Å². The van der Waals surface area contributed by atoms with E-state index < -0.39 is 4.92 Å². The van der Waals surface area contributed by atoms with Crippen molar-refractivity contribution in [3.05, 3.63) is 38.9 Å². The van der Waals surface area contributed by atoms with Crippen LogP contribution in [0.25, 0.3) is 0 Å². The molecule has 0 radical (unpaired) electrons. The molecule has 1 atom stereocenters. The molecule has 1 unspecified atom stereocenters. The number of likely N-dealkylation sites (tertiary alicyclic amines) is 1. The summed E-state index contributed by atoms with van der Waals surface area (Å²) < 4.78 is 0. The zero-order valence-corrected chi connectivity index (χ0v) is 10.8. The summed E-state index contributed by atoms with van der Waals surface area (Å²) in [5.41, 5.74) is -0.0277. The normalized spacial score (nSPS) is 18.6. The third kappa shape index (κ3) is 2.85. The Bertz CT molecular complexity index is 520. The summed E-state index contributed by atoms with van der Waals surface area (Å²) in [7, 11) is 0. The molecule has 1 saturated heterocycles. The van der Waals surface area contributed by atoms with Gasteiger partial charge in [-0.3, -0.25) is 14.9 Å². The second-order valence-electron chi connectivity index (χ2n) is 4.51. The van der Waals surface area contributed by atoms with E-state index in [-0.39, 0.29) is 34.7 Å². The molecule has 0 spiro atoms. The lowest BCUT2D eigenvalue weighted by atomic mass is 10.1. The van der Waals surface area contributed by atoms with Gasteiger partial charge in [0.05, 0.1) is 4.92 Å². The maximum atomic E-state index is 12.2. The van der Waals surface area contributed by atoms with Crippen LogP contribution >= 0.6 is 11.6 Å². The molecule has 1 heterocycles. The summed E-state index contributed by atoms with van der Waals surface area (Å²) >= 11 is 5.70. The number of halogens is 1. The van der Waals surface area contributed by atoms with Gasteiger partial charge in [0.2, 0.25) is 0 Å². The van der Waals surface area contributed by atoms with E-state index in [0.29, 0.717) is 13.1 Å². The number of carbonyl (C=O) groups excluding carboxylic acids is 1. The van der Waals surface area contributed by atoms with Crippen LogP contribution in [0.3, 0.4) is 0 Å². The van der Waals surface area contributed by atoms with Gasteiger partial charge < -0.3 is 10.0 Å². The maximum Gasteiger partial charge on any atom is 0.288 e. The fourth-order valence-corrected chi connectivity index (χ4v) is 2.32. The van der Waals surface area contributed by atoms with Crippen LogP contribution in [-0.2, 0) is 0 Å². The first kappa shape index (κ1) is 13.8. The second kappa shape index (κ2) is 5.54. The first-order valence-corrected chi connectivity index (χ1v) is 6.24. The van der Waals surface area contributed by atoms with Gasteiger partial charge in [-0.25, -0.2) is 0 Å². The molecule has 0 aromatic heterocycles. The van der Waals surface area contributed by atoms with E-state index in [1.165, 1.54) is 18.2 Å². The fourth-order valence-electron chi connectivity index (χ4n) is 2.13. The molecule has 2 rings (SSSR count). The lowest BCUT2D eigenvalue weighted by Crippen LogP contribution is -2.29. The van der Waals surface area contributed by atoms with E-state index in [1.807, 2.05) is 0 Å². The number of aliphatic hydroxyl groups excluding tert-OH is 1. The minimum absolute atomic E-state index is 0.0104. The summed E-state index contributed by atoms with van der Waals surface area (Å²) in [5.74, 6) is -0.179. The molecule has 0 saturated carbocycles. The largest absolute Gasteiger partial charge is 0.396 e. The van der Waals surface area contributed by atoms with Crippen LogP contribution in [0.5, 0.6) is 0 Å². The molecule has 1 aliphatic heterocycles. The Hall–Kier alpha value is -1.66. The molecular weight excluding hydrogens is 272 g/mol. The van der Waals surface area contributed by atoms with Crippen molar-refractivity contribution in [2.45, 2.75) is 6.42 Å². The number of nitrogens with zero attached hydrogens (tertiary/aromatic N) is 2. The van der Waals surface area contributed by atoms with E-state index in [4.69, 9.17) is 16.7 Å². The van der Waals surface area contributed by atoms with Crippen LogP contribution in [0.2, 0.25) is 5.02 Å². The van der Waals surface area contributed by atoms with E-state index in [0.717, 1.165) is 6.42 Å². The van der Waals surface area contributed by atoms with Crippen molar-refractivity contribution >= 4 is 23.2 Å². The molecule has 1 aromatic rings. The lowest BCUT2D eigenvalue weighted by Gasteiger charge is -2.16. The number of hydrogen-bond acceptors (Lipinski definition) is 4. The first-order chi connectivity index (χ1) is 9.02. The summed E-state index contributed by atoms with van der Waals surface area (Å²) in [4.78, 5) is 23.9. The second-order valence-corrected chi connectivity index (χ2v) is 4.92. The van der Waals surface area contributed by atoms with Crippen molar-refractivity contribution in [3.63, 3.8) is 0 Å². The standard InChI is InChI=1S/C12H13ClN2O4/c13-10-2-1-9(5-11(10)15(18)19)12(17)14-4-3-8(6-14)7-16/h1-2,5,8,16H,3-4,6-7H2. The number of hydrogen-bond donors (Lipinski definition) is 1. The summed E-state index contributed by atoms with van der Waals surface area (Å²) in [6.07, 6.45) is 0.748. The Morgan fingerprint density at radius 2 is 2.32 bits per heavy atom. The molecule has 1 N–H and O–H groups in total. The van der Waals surface area contributed by atoms with Gasteiger partial charge in [0.15, 0.2) is 0 Å². The van der Waals surface area contributed by atoms with E-state index >= 15 is 0 Å². The Labute approximate surface area is 114 Å². The van der Waals surface area contributed by atoms with Gasteiger partial charge in [0.25, 0.3) is 11.6 Å². The van der Waals surface area contributed by atoms with Crippen LogP contribution in [-0.4, -0.2) is 40.5 Å². The van der Waals surface area contributed by atoms with E-state index in [9.17, 15) is 14.9 Å². The Morgan fingerprint density at radius 3 is 2.89 bits per heavy atom. The Balaban J connectivity index is 2.20. The van der Waals surface area contributed by atoms with Crippen molar-refractivity contribution in [2.24, 2.45) is 5.92 Å². The highest BCUT2D eigenvalue weighted by Crippen LogP contribution is 2.26. The monoisotopic (exact) mass is 284 g/mol. The average molecular weight is 285 g/mol. The summed E-state index contributed by atoms with van der Waals surface area (Å²) in [6.45, 7) is 1.08. The number of carbonyl (C=O) groups is 1. The van der Waals surface area contributed by atoms with Crippen LogP contribution < -0.4 is 0 Å². The first-order valence-electron chi connectivity index (χ1n) is 5.87. The number of aliphatic hydroxyl groups is 1. The minimum Gasteiger partial charge on any atom is -0.396 e. The Morgan fingerprint density at radius 1 is 1.58 bits per heavy atom. The van der Waals surface area contributed by atoms with Gasteiger partial charge >= 0.3 is 0 Å². The van der Waals surface area contributed by atoms with E-state index in [2.05, 4.69) is 0 Å². The van der Waals surface area contributed by atoms with Crippen molar-refractivity contribution in [1.29, 1.82) is 0 Å². The molecule has 19 heavy (non-hydrogen) atoms. The zero-order valence-electron chi connectivity index (χ0n) is 10.1. The van der Waals surface area contributed by atoms with Gasteiger partial charge in [-0.2, -0.15) is 0 Å². The van der Waals surface area contributed by atoms with Crippen molar-refractivity contribution in [3.8, 4) is 0 Å². The summed E-state index contributed by atoms with van der Waals surface area (Å²) in [5, 5.41) is 19.8. The van der Waals surface area contributed by atoms with Crippen LogP contribution in [0.1, 0.15) is 16.8 Å². The smallest absolute Gasteiger partial charge is 0.288 e. The molecule has 102 valence electrons. The van der Waals surface area contributed by atoms with Crippen molar-refractivity contribution in [2.75, 3.05) is 19.7 Å². The highest BCUT2D eigenvalue weighted by Gasteiger charge is 2.27. The molecule has 1 aliphatic rings. The zero-order chi connectivity index (χ0) is 14.0. The molecule has 1 aromatic carbocycles. The SMILES string of the molecule is O=C(c1ccc(Cl)c([N+](=O)[O-])c1)N1CCC(CO)C1. The third-order valence-electron chi connectivity index (χ3n) is 3.22. The van der Waals surface area contributed by atoms with Crippen molar-refractivity contribution < 1.29 is 14.8 Å². The third-order valence-corrected chi connectivity index (χ3v) is 3.54. The van der Waals surface area contributed by atoms with Crippen molar-refractivity contribution in [1.82, 2.24) is 4.90 Å². The highest BCUT2D eigenvalue weighted by molar-refractivity contribution is 6.32. The topological polar surface area (TPSA) is 83.7 Å². The fraction of sp³-hybridized carbons (Fsp3) is 0.417. The number of rotatable bonds is 3. The van der Waals surface area contributed by atoms with Crippen LogP contribution in [0.15, 0.2) is 18.2 Å². The molecule has 1 amide bonds. The Kier molecular flexibility index (Phi) is 4.01. The van der Waals surface area contributed by atoms with Gasteiger partial charge in [0, 0.05) is 37.2 Å². The quantitative estimate of drug-likeness (QED) is 0.676. The predicted molar refractivity (Wildman–Crippen MR) is 69.2 cm³/mol. The molecule has 1 fully saturated rings. The highest BCUT2D eigenvalue weighted by atomic mass is 35.5. The molecule has 7 heteroatoms. The van der Waals surface area contributed by atoms with Gasteiger partial charge in [-0.05, 0) is 18.6 Å². The minimum atomic E-state index is -0.611. The predicted octanol–water partition coefficient (Wildman–Crippen LogP) is 1.70. The average Bonchev–Trinajstić information content (AvgIpc) is 2.87. The molecule has 6 nitrogen and oxygen atoms in total. The lowest BCUT2D eigenvalue weighted by molar-refractivity contribution is -0.384. The van der Waals surface area contributed by atoms with Crippen LogP contribution in [0.4, 0.5) is 5.69 Å². The maximum absolute atomic E-state index is 12.2. The van der Waals surface area contributed by atoms with Gasteiger partial charge in [-0.1, -0.05) is 11.6 Å². The molecule has 0 aliphatic carbocycles. The molecular formula is C12H13ClN2O4. The summed E-state index contributed by atoms with van der Waals surface area (Å²) in [6, 6.07) is 4.02. The van der Waals surface area contributed by atoms with Gasteiger partial charge in [0.1, 0.15) is 5.02 Å². The van der Waals surface area contributed by atoms with Gasteiger partial charge in [-0.15, -0.1) is 0 Å². The molecule has 0 bridgehead atoms. The number of amides is 1. The number of nitro benzene ring substituents is 1. The number of nitro groups is 1.